The molecule has 0 amide bonds. The van der Waals surface area contributed by atoms with Crippen LogP contribution < -0.4 is 0 Å². The standard InChI is InChI=1S/C14H23NO2/c1-14(2,15-7-4-3-5-8-15)13(16)10-12-6-9-17-11-12/h6,9,11,13,16H,3-5,7-8,10H2,1-2H3. The Labute approximate surface area is 103 Å². The van der Waals surface area contributed by atoms with E-state index in [0.717, 1.165) is 18.7 Å². The van der Waals surface area contributed by atoms with Crippen molar-refractivity contribution < 1.29 is 9.52 Å². The summed E-state index contributed by atoms with van der Waals surface area (Å²) in [7, 11) is 0. The van der Waals surface area contributed by atoms with Crippen LogP contribution >= 0.6 is 0 Å². The minimum absolute atomic E-state index is 0.155. The number of furan rings is 1. The van der Waals surface area contributed by atoms with E-state index in [-0.39, 0.29) is 11.6 Å². The Bertz CT molecular complexity index is 326. The summed E-state index contributed by atoms with van der Waals surface area (Å²) in [5.41, 5.74) is 0.917. The molecule has 1 aliphatic rings. The molecule has 1 unspecified atom stereocenters. The maximum Gasteiger partial charge on any atom is 0.0935 e. The second-order valence-electron chi connectivity index (χ2n) is 5.55. The molecule has 2 heterocycles. The van der Waals surface area contributed by atoms with Gasteiger partial charge in [-0.1, -0.05) is 6.42 Å². The van der Waals surface area contributed by atoms with Gasteiger partial charge in [0.05, 0.1) is 18.6 Å². The molecule has 2 rings (SSSR count). The molecule has 3 nitrogen and oxygen atoms in total. The van der Waals surface area contributed by atoms with E-state index < -0.39 is 0 Å². The van der Waals surface area contributed by atoms with Crippen molar-refractivity contribution in [3.05, 3.63) is 24.2 Å². The SMILES string of the molecule is CC(C)(C(O)Cc1ccoc1)N1CCCCC1. The van der Waals surface area contributed by atoms with E-state index in [1.54, 1.807) is 12.5 Å². The van der Waals surface area contributed by atoms with Gasteiger partial charge in [0, 0.05) is 12.0 Å². The summed E-state index contributed by atoms with van der Waals surface area (Å²) in [6, 6.07) is 1.93. The molecule has 0 aromatic carbocycles. The fourth-order valence-corrected chi connectivity index (χ4v) is 2.56. The molecule has 1 fully saturated rings. The third-order valence-electron chi connectivity index (χ3n) is 4.00. The highest BCUT2D eigenvalue weighted by molar-refractivity contribution is 5.09. The van der Waals surface area contributed by atoms with Crippen LogP contribution in [0.1, 0.15) is 38.7 Å². The van der Waals surface area contributed by atoms with Gasteiger partial charge in [0.1, 0.15) is 0 Å². The molecule has 0 aliphatic carbocycles. The van der Waals surface area contributed by atoms with E-state index in [9.17, 15) is 5.11 Å². The third kappa shape index (κ3) is 2.90. The number of aliphatic hydroxyl groups is 1. The fourth-order valence-electron chi connectivity index (χ4n) is 2.56. The Morgan fingerprint density at radius 2 is 2.06 bits per heavy atom. The molecule has 1 atom stereocenters. The molecular formula is C14H23NO2. The van der Waals surface area contributed by atoms with Gasteiger partial charge in [-0.05, 0) is 51.4 Å². The van der Waals surface area contributed by atoms with Gasteiger partial charge in [-0.25, -0.2) is 0 Å². The number of nitrogens with zero attached hydrogens (tertiary/aromatic N) is 1. The molecule has 0 spiro atoms. The molecule has 3 heteroatoms. The van der Waals surface area contributed by atoms with Crippen molar-refractivity contribution in [2.45, 2.75) is 51.2 Å². The molecule has 1 saturated heterocycles. The molecule has 1 aromatic heterocycles. The summed E-state index contributed by atoms with van der Waals surface area (Å²) >= 11 is 0. The van der Waals surface area contributed by atoms with E-state index in [4.69, 9.17) is 4.42 Å². The largest absolute Gasteiger partial charge is 0.472 e. The van der Waals surface area contributed by atoms with Crippen molar-refractivity contribution in [1.29, 1.82) is 0 Å². The molecular weight excluding hydrogens is 214 g/mol. The monoisotopic (exact) mass is 237 g/mol. The molecule has 1 aliphatic heterocycles. The van der Waals surface area contributed by atoms with E-state index in [0.29, 0.717) is 6.42 Å². The van der Waals surface area contributed by atoms with Gasteiger partial charge in [-0.3, -0.25) is 4.90 Å². The van der Waals surface area contributed by atoms with E-state index in [1.807, 2.05) is 6.07 Å². The first-order valence-electron chi connectivity index (χ1n) is 6.55. The highest BCUT2D eigenvalue weighted by atomic mass is 16.3. The van der Waals surface area contributed by atoms with Gasteiger partial charge in [-0.15, -0.1) is 0 Å². The smallest absolute Gasteiger partial charge is 0.0935 e. The molecule has 96 valence electrons. The van der Waals surface area contributed by atoms with E-state index in [2.05, 4.69) is 18.7 Å². The Kier molecular flexibility index (Phi) is 3.89. The summed E-state index contributed by atoms with van der Waals surface area (Å²) < 4.78 is 5.05. The van der Waals surface area contributed by atoms with Crippen LogP contribution in [0.3, 0.4) is 0 Å². The van der Waals surface area contributed by atoms with Gasteiger partial charge in [-0.2, -0.15) is 0 Å². The minimum Gasteiger partial charge on any atom is -0.472 e. The normalized spacial score (nSPS) is 20.4. The van der Waals surface area contributed by atoms with Gasteiger partial charge in [0.2, 0.25) is 0 Å². The lowest BCUT2D eigenvalue weighted by atomic mass is 9.89. The Hall–Kier alpha value is -0.800. The van der Waals surface area contributed by atoms with Crippen molar-refractivity contribution in [1.82, 2.24) is 4.90 Å². The Balaban J connectivity index is 1.98. The highest BCUT2D eigenvalue weighted by Crippen LogP contribution is 2.25. The van der Waals surface area contributed by atoms with Crippen LogP contribution in [0.4, 0.5) is 0 Å². The molecule has 0 radical (unpaired) electrons. The maximum atomic E-state index is 10.4. The van der Waals surface area contributed by atoms with E-state index >= 15 is 0 Å². The summed E-state index contributed by atoms with van der Waals surface area (Å²) in [6.07, 6.45) is 7.53. The number of rotatable bonds is 4. The average molecular weight is 237 g/mol. The first kappa shape index (κ1) is 12.7. The second kappa shape index (κ2) is 5.23. The number of likely N-dealkylation sites (tertiary alicyclic amines) is 1. The maximum absolute atomic E-state index is 10.4. The summed E-state index contributed by atoms with van der Waals surface area (Å²) in [6.45, 7) is 6.50. The Morgan fingerprint density at radius 1 is 1.35 bits per heavy atom. The topological polar surface area (TPSA) is 36.6 Å². The summed E-state index contributed by atoms with van der Waals surface area (Å²) in [5, 5.41) is 10.4. The third-order valence-corrected chi connectivity index (χ3v) is 4.00. The van der Waals surface area contributed by atoms with Gasteiger partial charge < -0.3 is 9.52 Å². The molecule has 1 N–H and O–H groups in total. The zero-order chi connectivity index (χ0) is 12.3. The zero-order valence-electron chi connectivity index (χ0n) is 10.9. The van der Waals surface area contributed by atoms with Crippen LogP contribution in [0.5, 0.6) is 0 Å². The number of hydrogen-bond acceptors (Lipinski definition) is 3. The predicted octanol–water partition coefficient (Wildman–Crippen LogP) is 2.45. The highest BCUT2D eigenvalue weighted by Gasteiger charge is 2.34. The Morgan fingerprint density at radius 3 is 2.65 bits per heavy atom. The van der Waals surface area contributed by atoms with Crippen molar-refractivity contribution in [2.75, 3.05) is 13.1 Å². The van der Waals surface area contributed by atoms with Gasteiger partial charge in [0.25, 0.3) is 0 Å². The number of hydrogen-bond donors (Lipinski definition) is 1. The minimum atomic E-state index is -0.349. The lowest BCUT2D eigenvalue weighted by Gasteiger charge is -2.44. The lowest BCUT2D eigenvalue weighted by Crippen LogP contribution is -2.54. The van der Waals surface area contributed by atoms with Gasteiger partial charge >= 0.3 is 0 Å². The van der Waals surface area contributed by atoms with Crippen LogP contribution in [0, 0.1) is 0 Å². The van der Waals surface area contributed by atoms with Crippen molar-refractivity contribution in [2.24, 2.45) is 0 Å². The molecule has 0 saturated carbocycles. The number of aliphatic hydroxyl groups excluding tert-OH is 1. The van der Waals surface area contributed by atoms with Crippen LogP contribution in [0.25, 0.3) is 0 Å². The molecule has 17 heavy (non-hydrogen) atoms. The average Bonchev–Trinajstić information content (AvgIpc) is 2.83. The van der Waals surface area contributed by atoms with Crippen LogP contribution in [-0.4, -0.2) is 34.7 Å². The predicted molar refractivity (Wildman–Crippen MR) is 67.9 cm³/mol. The number of piperidine rings is 1. The van der Waals surface area contributed by atoms with Gasteiger partial charge in [0.15, 0.2) is 0 Å². The first-order valence-corrected chi connectivity index (χ1v) is 6.55. The lowest BCUT2D eigenvalue weighted by molar-refractivity contribution is -0.0187. The van der Waals surface area contributed by atoms with Crippen LogP contribution in [0.2, 0.25) is 0 Å². The van der Waals surface area contributed by atoms with Crippen LogP contribution in [0.15, 0.2) is 23.0 Å². The fraction of sp³-hybridized carbons (Fsp3) is 0.714. The molecule has 0 bridgehead atoms. The quantitative estimate of drug-likeness (QED) is 0.874. The van der Waals surface area contributed by atoms with Crippen LogP contribution in [-0.2, 0) is 6.42 Å². The molecule has 1 aromatic rings. The van der Waals surface area contributed by atoms with Crippen molar-refractivity contribution >= 4 is 0 Å². The summed E-state index contributed by atoms with van der Waals surface area (Å²) in [4.78, 5) is 2.42. The second-order valence-corrected chi connectivity index (χ2v) is 5.55. The van der Waals surface area contributed by atoms with Crippen molar-refractivity contribution in [3.63, 3.8) is 0 Å². The van der Waals surface area contributed by atoms with E-state index in [1.165, 1.54) is 19.3 Å². The first-order chi connectivity index (χ1) is 8.10. The van der Waals surface area contributed by atoms with Crippen molar-refractivity contribution in [3.8, 4) is 0 Å². The zero-order valence-corrected chi connectivity index (χ0v) is 10.9. The summed E-state index contributed by atoms with van der Waals surface area (Å²) in [5.74, 6) is 0.